The molecule has 1 aromatic carbocycles. The van der Waals surface area contributed by atoms with Gasteiger partial charge in [-0.25, -0.2) is 19.7 Å². The molecule has 0 unspecified atom stereocenters. The molecule has 0 atom stereocenters. The largest absolute Gasteiger partial charge is 0.462 e. The Morgan fingerprint density at radius 2 is 2.14 bits per heavy atom. The summed E-state index contributed by atoms with van der Waals surface area (Å²) in [5.41, 5.74) is 1.86. The minimum absolute atomic E-state index is 0.323. The van der Waals surface area contributed by atoms with E-state index in [2.05, 4.69) is 20.3 Å². The van der Waals surface area contributed by atoms with Crippen molar-refractivity contribution >= 4 is 38.6 Å². The predicted molar refractivity (Wildman–Crippen MR) is 85.6 cm³/mol. The Morgan fingerprint density at radius 3 is 2.86 bits per heavy atom. The number of esters is 1. The van der Waals surface area contributed by atoms with Crippen LogP contribution >= 0.6 is 11.3 Å². The van der Waals surface area contributed by atoms with Crippen molar-refractivity contribution in [3.63, 3.8) is 0 Å². The second-order valence-corrected chi connectivity index (χ2v) is 5.56. The lowest BCUT2D eigenvalue weighted by Gasteiger charge is -2.06. The molecule has 112 valence electrons. The number of benzene rings is 1. The lowest BCUT2D eigenvalue weighted by molar-refractivity contribution is 0.0524. The number of hydrogen-bond acceptors (Lipinski definition) is 7. The third-order valence-corrected chi connectivity index (χ3v) is 3.94. The third-order valence-electron chi connectivity index (χ3n) is 2.99. The van der Waals surface area contributed by atoms with E-state index in [0.29, 0.717) is 28.9 Å². The number of rotatable bonds is 4. The molecule has 7 heteroatoms. The molecule has 6 nitrogen and oxygen atoms in total. The normalized spacial score (nSPS) is 10.6. The van der Waals surface area contributed by atoms with Crippen molar-refractivity contribution in [1.82, 2.24) is 15.0 Å². The summed E-state index contributed by atoms with van der Waals surface area (Å²) in [7, 11) is 0. The second-order valence-electron chi connectivity index (χ2n) is 4.52. The number of fused-ring (bicyclic) bond motifs is 1. The number of carbonyl (C=O) groups is 1. The number of ether oxygens (including phenoxy) is 1. The van der Waals surface area contributed by atoms with E-state index >= 15 is 0 Å². The van der Waals surface area contributed by atoms with Crippen LogP contribution in [-0.2, 0) is 4.74 Å². The minimum Gasteiger partial charge on any atom is -0.462 e. The Morgan fingerprint density at radius 1 is 1.32 bits per heavy atom. The van der Waals surface area contributed by atoms with E-state index in [1.165, 1.54) is 17.5 Å². The summed E-state index contributed by atoms with van der Waals surface area (Å²) >= 11 is 1.52. The van der Waals surface area contributed by atoms with Crippen LogP contribution in [0.15, 0.2) is 30.5 Å². The molecule has 0 aliphatic carbocycles. The number of para-hydroxylation sites is 1. The van der Waals surface area contributed by atoms with Crippen molar-refractivity contribution in [1.29, 1.82) is 0 Å². The highest BCUT2D eigenvalue weighted by Crippen LogP contribution is 2.27. The van der Waals surface area contributed by atoms with E-state index in [9.17, 15) is 4.79 Å². The standard InChI is InChI=1S/C15H14N4O2S/c1-3-21-13(20)10-8-16-14(17-9(10)2)19-15-18-11-6-4-5-7-12(11)22-15/h4-8H,3H2,1-2H3,(H,16,17,18,19). The SMILES string of the molecule is CCOC(=O)c1cnc(Nc2nc3ccccc3s2)nc1C. The summed E-state index contributed by atoms with van der Waals surface area (Å²) in [5.74, 6) is -0.00357. The van der Waals surface area contributed by atoms with Gasteiger partial charge in [-0.1, -0.05) is 23.5 Å². The zero-order chi connectivity index (χ0) is 15.5. The molecule has 0 amide bonds. The first-order valence-corrected chi connectivity index (χ1v) is 7.62. The summed E-state index contributed by atoms with van der Waals surface area (Å²) in [6.45, 7) is 3.83. The van der Waals surface area contributed by atoms with Crippen LogP contribution in [0.4, 0.5) is 11.1 Å². The Hall–Kier alpha value is -2.54. The molecule has 1 N–H and O–H groups in total. The number of aromatic nitrogens is 3. The van der Waals surface area contributed by atoms with Gasteiger partial charge < -0.3 is 10.1 Å². The third kappa shape index (κ3) is 2.89. The highest BCUT2D eigenvalue weighted by molar-refractivity contribution is 7.22. The van der Waals surface area contributed by atoms with E-state index in [4.69, 9.17) is 4.74 Å². The second kappa shape index (κ2) is 6.07. The van der Waals surface area contributed by atoms with E-state index in [0.717, 1.165) is 10.2 Å². The van der Waals surface area contributed by atoms with Crippen molar-refractivity contribution in [3.8, 4) is 0 Å². The number of thiazole rings is 1. The van der Waals surface area contributed by atoms with Crippen molar-refractivity contribution < 1.29 is 9.53 Å². The van der Waals surface area contributed by atoms with Gasteiger partial charge >= 0.3 is 5.97 Å². The number of nitrogens with one attached hydrogen (secondary N) is 1. The molecule has 0 radical (unpaired) electrons. The van der Waals surface area contributed by atoms with Crippen LogP contribution in [0.2, 0.25) is 0 Å². The van der Waals surface area contributed by atoms with Gasteiger partial charge in [0.25, 0.3) is 0 Å². The van der Waals surface area contributed by atoms with Crippen LogP contribution in [-0.4, -0.2) is 27.5 Å². The summed E-state index contributed by atoms with van der Waals surface area (Å²) in [5, 5.41) is 3.78. The van der Waals surface area contributed by atoms with Crippen LogP contribution in [0.3, 0.4) is 0 Å². The van der Waals surface area contributed by atoms with E-state index < -0.39 is 5.97 Å². The number of aryl methyl sites for hydroxylation is 1. The van der Waals surface area contributed by atoms with E-state index in [1.807, 2.05) is 24.3 Å². The summed E-state index contributed by atoms with van der Waals surface area (Å²) < 4.78 is 6.05. The maximum absolute atomic E-state index is 11.7. The average Bonchev–Trinajstić information content (AvgIpc) is 2.89. The number of anilines is 2. The van der Waals surface area contributed by atoms with Crippen molar-refractivity contribution in [2.75, 3.05) is 11.9 Å². The maximum Gasteiger partial charge on any atom is 0.341 e. The minimum atomic E-state index is -0.411. The molecule has 22 heavy (non-hydrogen) atoms. The molecule has 0 saturated heterocycles. The smallest absolute Gasteiger partial charge is 0.341 e. The fourth-order valence-electron chi connectivity index (χ4n) is 1.96. The highest BCUT2D eigenvalue weighted by atomic mass is 32.1. The lowest BCUT2D eigenvalue weighted by atomic mass is 10.2. The van der Waals surface area contributed by atoms with Gasteiger partial charge in [0.05, 0.1) is 28.1 Å². The zero-order valence-corrected chi connectivity index (χ0v) is 13.0. The van der Waals surface area contributed by atoms with Gasteiger partial charge in [0, 0.05) is 6.20 Å². The van der Waals surface area contributed by atoms with Crippen LogP contribution in [0.25, 0.3) is 10.2 Å². The molecule has 0 aliphatic heterocycles. The van der Waals surface area contributed by atoms with Crippen molar-refractivity contribution in [3.05, 3.63) is 41.7 Å². The van der Waals surface area contributed by atoms with E-state index in [-0.39, 0.29) is 0 Å². The van der Waals surface area contributed by atoms with Gasteiger partial charge in [-0.15, -0.1) is 0 Å². The van der Waals surface area contributed by atoms with E-state index in [1.54, 1.807) is 13.8 Å². The Kier molecular flexibility index (Phi) is 3.97. The van der Waals surface area contributed by atoms with Gasteiger partial charge in [-0.2, -0.15) is 0 Å². The maximum atomic E-state index is 11.7. The zero-order valence-electron chi connectivity index (χ0n) is 12.2. The highest BCUT2D eigenvalue weighted by Gasteiger charge is 2.13. The van der Waals surface area contributed by atoms with Gasteiger partial charge in [-0.05, 0) is 26.0 Å². The summed E-state index contributed by atoms with van der Waals surface area (Å²) in [6, 6.07) is 7.88. The van der Waals surface area contributed by atoms with Gasteiger partial charge in [0.1, 0.15) is 0 Å². The van der Waals surface area contributed by atoms with Crippen LogP contribution < -0.4 is 5.32 Å². The molecule has 3 aromatic rings. The van der Waals surface area contributed by atoms with Crippen LogP contribution in [0, 0.1) is 6.92 Å². The first kappa shape index (κ1) is 14.4. The predicted octanol–water partition coefficient (Wildman–Crippen LogP) is 3.32. The summed E-state index contributed by atoms with van der Waals surface area (Å²) in [6.07, 6.45) is 1.47. The Bertz CT molecular complexity index is 798. The first-order chi connectivity index (χ1) is 10.7. The summed E-state index contributed by atoms with van der Waals surface area (Å²) in [4.78, 5) is 24.6. The molecular formula is C15H14N4O2S. The van der Waals surface area contributed by atoms with Gasteiger partial charge in [0.2, 0.25) is 5.95 Å². The van der Waals surface area contributed by atoms with Crippen molar-refractivity contribution in [2.24, 2.45) is 0 Å². The van der Waals surface area contributed by atoms with Crippen molar-refractivity contribution in [2.45, 2.75) is 13.8 Å². The molecule has 3 rings (SSSR count). The molecule has 0 bridgehead atoms. The van der Waals surface area contributed by atoms with Gasteiger partial charge in [-0.3, -0.25) is 0 Å². The number of nitrogens with zero attached hydrogens (tertiary/aromatic N) is 3. The molecule has 2 heterocycles. The molecule has 0 spiro atoms. The average molecular weight is 314 g/mol. The fraction of sp³-hybridized carbons (Fsp3) is 0.200. The van der Waals surface area contributed by atoms with Crippen LogP contribution in [0.5, 0.6) is 0 Å². The molecule has 0 saturated carbocycles. The molecule has 0 fully saturated rings. The van der Waals surface area contributed by atoms with Crippen LogP contribution in [0.1, 0.15) is 23.0 Å². The Labute approximate surface area is 131 Å². The lowest BCUT2D eigenvalue weighted by Crippen LogP contribution is -2.10. The first-order valence-electron chi connectivity index (χ1n) is 6.80. The molecular weight excluding hydrogens is 300 g/mol. The Balaban J connectivity index is 1.83. The topological polar surface area (TPSA) is 77.0 Å². The number of carbonyl (C=O) groups excluding carboxylic acids is 1. The molecule has 2 aromatic heterocycles. The van der Waals surface area contributed by atoms with Gasteiger partial charge in [0.15, 0.2) is 5.13 Å². The monoisotopic (exact) mass is 314 g/mol. The quantitative estimate of drug-likeness (QED) is 0.744. The molecule has 0 aliphatic rings. The fourth-order valence-corrected chi connectivity index (χ4v) is 2.82. The number of hydrogen-bond donors (Lipinski definition) is 1.